The molecule has 3 rings (SSSR count). The maximum Gasteiger partial charge on any atom is 0.188 e. The second kappa shape index (κ2) is 5.05. The van der Waals surface area contributed by atoms with Crippen molar-refractivity contribution >= 4 is 21.6 Å². The first kappa shape index (κ1) is 12.8. The van der Waals surface area contributed by atoms with Crippen LogP contribution < -0.4 is 5.73 Å². The number of aryl methyl sites for hydroxylation is 1. The fourth-order valence-electron chi connectivity index (χ4n) is 2.03. The summed E-state index contributed by atoms with van der Waals surface area (Å²) in [6.07, 6.45) is 0. The Morgan fingerprint density at radius 3 is 2.75 bits per heavy atom. The lowest BCUT2D eigenvalue weighted by atomic mass is 10.1. The largest absolute Gasteiger partial charge is 0.399 e. The average Bonchev–Trinajstić information content (AvgIpc) is 2.91. The van der Waals surface area contributed by atoms with E-state index in [-0.39, 0.29) is 0 Å². The Kier molecular flexibility index (Phi) is 3.23. The van der Waals surface area contributed by atoms with Gasteiger partial charge in [-0.2, -0.15) is 4.68 Å². The highest BCUT2D eigenvalue weighted by Gasteiger charge is 2.15. The lowest BCUT2D eigenvalue weighted by Crippen LogP contribution is -2.02. The highest BCUT2D eigenvalue weighted by atomic mass is 79.9. The first-order valence-electron chi connectivity index (χ1n) is 6.06. The van der Waals surface area contributed by atoms with Crippen molar-refractivity contribution in [3.8, 4) is 17.1 Å². The van der Waals surface area contributed by atoms with Crippen molar-refractivity contribution in [1.29, 1.82) is 0 Å². The number of benzene rings is 2. The molecule has 0 aliphatic carbocycles. The second-order valence-electron chi connectivity index (χ2n) is 4.44. The van der Waals surface area contributed by atoms with Crippen LogP contribution in [0.25, 0.3) is 17.1 Å². The lowest BCUT2D eigenvalue weighted by Gasteiger charge is -2.09. The van der Waals surface area contributed by atoms with Crippen molar-refractivity contribution in [2.75, 3.05) is 5.73 Å². The van der Waals surface area contributed by atoms with Gasteiger partial charge < -0.3 is 5.73 Å². The Morgan fingerprint density at radius 2 is 1.95 bits per heavy atom. The number of aromatic nitrogens is 4. The zero-order valence-electron chi connectivity index (χ0n) is 10.8. The molecule has 6 heteroatoms. The molecule has 0 unspecified atom stereocenters. The van der Waals surface area contributed by atoms with Crippen LogP contribution in [-0.2, 0) is 0 Å². The molecule has 2 aromatic carbocycles. The number of halogens is 1. The molecule has 0 atom stereocenters. The van der Waals surface area contributed by atoms with Gasteiger partial charge in [0.05, 0.1) is 5.69 Å². The van der Waals surface area contributed by atoms with Gasteiger partial charge in [0.1, 0.15) is 0 Å². The normalized spacial score (nSPS) is 10.7. The fraction of sp³-hybridized carbons (Fsp3) is 0.0714. The number of anilines is 1. The molecule has 0 bridgehead atoms. The number of nitrogen functional groups attached to an aromatic ring is 1. The molecule has 0 aliphatic rings. The van der Waals surface area contributed by atoms with E-state index in [0.717, 1.165) is 21.3 Å². The summed E-state index contributed by atoms with van der Waals surface area (Å²) >= 11 is 3.51. The van der Waals surface area contributed by atoms with Gasteiger partial charge >= 0.3 is 0 Å². The molecule has 1 aromatic heterocycles. The van der Waals surface area contributed by atoms with E-state index in [2.05, 4.69) is 31.5 Å². The van der Waals surface area contributed by atoms with Crippen LogP contribution in [0.4, 0.5) is 5.69 Å². The summed E-state index contributed by atoms with van der Waals surface area (Å²) < 4.78 is 2.62. The molecule has 0 saturated carbocycles. The number of para-hydroxylation sites is 1. The maximum absolute atomic E-state index is 5.85. The standard InChI is InChI=1S/C14H12BrN5/c1-9-4-2-3-5-13(9)20-14(17-18-19-20)11-8-10(16)6-7-12(11)15/h2-8H,16H2,1H3. The first-order chi connectivity index (χ1) is 9.66. The van der Waals surface area contributed by atoms with Crippen molar-refractivity contribution in [1.82, 2.24) is 20.2 Å². The van der Waals surface area contributed by atoms with Gasteiger partial charge in [0, 0.05) is 15.7 Å². The van der Waals surface area contributed by atoms with Crippen LogP contribution in [0.1, 0.15) is 5.56 Å². The van der Waals surface area contributed by atoms with Crippen molar-refractivity contribution < 1.29 is 0 Å². The van der Waals surface area contributed by atoms with E-state index in [1.54, 1.807) is 4.68 Å². The summed E-state index contributed by atoms with van der Waals surface area (Å²) in [5.41, 5.74) is 9.43. The van der Waals surface area contributed by atoms with E-state index in [9.17, 15) is 0 Å². The van der Waals surface area contributed by atoms with Gasteiger partial charge in [0.15, 0.2) is 5.82 Å². The Labute approximate surface area is 124 Å². The molecule has 0 saturated heterocycles. The minimum absolute atomic E-state index is 0.651. The molecule has 2 N–H and O–H groups in total. The van der Waals surface area contributed by atoms with Gasteiger partial charge in [-0.15, -0.1) is 5.10 Å². The van der Waals surface area contributed by atoms with Gasteiger partial charge in [-0.25, -0.2) is 0 Å². The zero-order chi connectivity index (χ0) is 14.1. The molecular weight excluding hydrogens is 318 g/mol. The van der Waals surface area contributed by atoms with Gasteiger partial charge in [0.2, 0.25) is 0 Å². The summed E-state index contributed by atoms with van der Waals surface area (Å²) in [5, 5.41) is 12.0. The Balaban J connectivity index is 2.21. The molecule has 0 amide bonds. The minimum atomic E-state index is 0.651. The third kappa shape index (κ3) is 2.18. The Hall–Kier alpha value is -2.21. The third-order valence-electron chi connectivity index (χ3n) is 3.04. The van der Waals surface area contributed by atoms with Gasteiger partial charge in [-0.05, 0) is 47.2 Å². The topological polar surface area (TPSA) is 69.6 Å². The van der Waals surface area contributed by atoms with E-state index in [4.69, 9.17) is 5.73 Å². The molecule has 0 spiro atoms. The molecule has 0 radical (unpaired) electrons. The molecule has 0 fully saturated rings. The number of tetrazole rings is 1. The van der Waals surface area contributed by atoms with E-state index in [1.165, 1.54) is 0 Å². The van der Waals surface area contributed by atoms with Crippen LogP contribution in [0.15, 0.2) is 46.9 Å². The van der Waals surface area contributed by atoms with Crippen LogP contribution in [0.3, 0.4) is 0 Å². The Morgan fingerprint density at radius 1 is 1.15 bits per heavy atom. The van der Waals surface area contributed by atoms with E-state index < -0.39 is 0 Å². The summed E-state index contributed by atoms with van der Waals surface area (Å²) in [5.74, 6) is 0.651. The highest BCUT2D eigenvalue weighted by molar-refractivity contribution is 9.10. The van der Waals surface area contributed by atoms with Crippen LogP contribution in [0, 0.1) is 6.92 Å². The SMILES string of the molecule is Cc1ccccc1-n1nnnc1-c1cc(N)ccc1Br. The quantitative estimate of drug-likeness (QED) is 0.734. The Bertz CT molecular complexity index is 766. The van der Waals surface area contributed by atoms with Crippen molar-refractivity contribution in [3.05, 3.63) is 52.5 Å². The second-order valence-corrected chi connectivity index (χ2v) is 5.29. The smallest absolute Gasteiger partial charge is 0.188 e. The number of nitrogens with two attached hydrogens (primary N) is 1. The molecule has 20 heavy (non-hydrogen) atoms. The van der Waals surface area contributed by atoms with Crippen molar-refractivity contribution in [3.63, 3.8) is 0 Å². The summed E-state index contributed by atoms with van der Waals surface area (Å²) in [4.78, 5) is 0. The van der Waals surface area contributed by atoms with E-state index in [1.807, 2.05) is 49.4 Å². The predicted octanol–water partition coefficient (Wildman–Crippen LogP) is 2.98. The third-order valence-corrected chi connectivity index (χ3v) is 3.74. The molecule has 0 aliphatic heterocycles. The van der Waals surface area contributed by atoms with Crippen LogP contribution >= 0.6 is 15.9 Å². The summed E-state index contributed by atoms with van der Waals surface area (Å²) in [7, 11) is 0. The molecule has 100 valence electrons. The van der Waals surface area contributed by atoms with Crippen LogP contribution in [0.2, 0.25) is 0 Å². The summed E-state index contributed by atoms with van der Waals surface area (Å²) in [6.45, 7) is 2.02. The monoisotopic (exact) mass is 329 g/mol. The number of nitrogens with zero attached hydrogens (tertiary/aromatic N) is 4. The highest BCUT2D eigenvalue weighted by Crippen LogP contribution is 2.29. The lowest BCUT2D eigenvalue weighted by molar-refractivity contribution is 0.787. The molecule has 3 aromatic rings. The van der Waals surface area contributed by atoms with Crippen LogP contribution in [0.5, 0.6) is 0 Å². The number of hydrogen-bond acceptors (Lipinski definition) is 4. The summed E-state index contributed by atoms with van der Waals surface area (Å²) in [6, 6.07) is 13.5. The first-order valence-corrected chi connectivity index (χ1v) is 6.86. The number of hydrogen-bond donors (Lipinski definition) is 1. The van der Waals surface area contributed by atoms with Gasteiger partial charge in [0.25, 0.3) is 0 Å². The fourth-order valence-corrected chi connectivity index (χ4v) is 2.46. The zero-order valence-corrected chi connectivity index (χ0v) is 12.4. The molecule has 1 heterocycles. The molecule has 5 nitrogen and oxygen atoms in total. The minimum Gasteiger partial charge on any atom is -0.399 e. The van der Waals surface area contributed by atoms with Gasteiger partial charge in [-0.1, -0.05) is 34.1 Å². The number of rotatable bonds is 2. The van der Waals surface area contributed by atoms with Crippen LogP contribution in [-0.4, -0.2) is 20.2 Å². The van der Waals surface area contributed by atoms with Crippen molar-refractivity contribution in [2.24, 2.45) is 0 Å². The maximum atomic E-state index is 5.85. The van der Waals surface area contributed by atoms with Crippen molar-refractivity contribution in [2.45, 2.75) is 6.92 Å². The predicted molar refractivity (Wildman–Crippen MR) is 81.4 cm³/mol. The molecular formula is C14H12BrN5. The van der Waals surface area contributed by atoms with E-state index in [0.29, 0.717) is 11.5 Å². The van der Waals surface area contributed by atoms with E-state index >= 15 is 0 Å². The average molecular weight is 330 g/mol. The van der Waals surface area contributed by atoms with Gasteiger partial charge in [-0.3, -0.25) is 0 Å².